The average molecular weight is 422 g/mol. The van der Waals surface area contributed by atoms with Crippen LogP contribution < -0.4 is 4.90 Å². The van der Waals surface area contributed by atoms with Crippen LogP contribution in [0.4, 0.5) is 5.82 Å². The smallest absolute Gasteiger partial charge is 0.228 e. The minimum atomic E-state index is -0.110. The van der Waals surface area contributed by atoms with Crippen molar-refractivity contribution in [3.63, 3.8) is 0 Å². The number of carbonyl (C=O) groups excluding carboxylic acids is 1. The van der Waals surface area contributed by atoms with Crippen LogP contribution >= 0.6 is 23.2 Å². The van der Waals surface area contributed by atoms with Gasteiger partial charge in [0.25, 0.3) is 0 Å². The lowest BCUT2D eigenvalue weighted by atomic mass is 9.40. The first-order valence-electron chi connectivity index (χ1n) is 10.5. The third-order valence-electron chi connectivity index (χ3n) is 7.73. The van der Waals surface area contributed by atoms with Gasteiger partial charge in [-0.2, -0.15) is 0 Å². The second-order valence-electron chi connectivity index (χ2n) is 10.6. The molecule has 6 rings (SSSR count). The van der Waals surface area contributed by atoms with Crippen molar-refractivity contribution in [2.75, 3.05) is 31.1 Å². The number of rotatable bonds is 2. The summed E-state index contributed by atoms with van der Waals surface area (Å²) < 4.78 is 0. The number of piperazine rings is 1. The summed E-state index contributed by atoms with van der Waals surface area (Å²) in [6, 6.07) is 1.74. The maximum absolute atomic E-state index is 13.7. The van der Waals surface area contributed by atoms with E-state index in [0.717, 1.165) is 57.2 Å². The van der Waals surface area contributed by atoms with Crippen LogP contribution in [-0.4, -0.2) is 42.0 Å². The highest BCUT2D eigenvalue weighted by molar-refractivity contribution is 6.36. The second kappa shape index (κ2) is 6.25. The van der Waals surface area contributed by atoms with Crippen LogP contribution in [0.2, 0.25) is 10.0 Å². The molecule has 152 valence electrons. The van der Waals surface area contributed by atoms with Crippen molar-refractivity contribution in [2.45, 2.75) is 52.4 Å². The minimum absolute atomic E-state index is 0.110. The summed E-state index contributed by atoms with van der Waals surface area (Å²) in [6.07, 6.45) is 8.89. The zero-order valence-corrected chi connectivity index (χ0v) is 18.3. The Morgan fingerprint density at radius 3 is 2.25 bits per heavy atom. The number of carbonyl (C=O) groups is 1. The first-order valence-corrected chi connectivity index (χ1v) is 11.3. The minimum Gasteiger partial charge on any atom is -0.352 e. The third kappa shape index (κ3) is 3.02. The predicted molar refractivity (Wildman–Crippen MR) is 113 cm³/mol. The molecule has 0 spiro atoms. The van der Waals surface area contributed by atoms with Crippen molar-refractivity contribution in [3.05, 3.63) is 22.3 Å². The summed E-state index contributed by atoms with van der Waals surface area (Å²) in [7, 11) is 0. The average Bonchev–Trinajstić information content (AvgIpc) is 2.58. The van der Waals surface area contributed by atoms with Gasteiger partial charge in [0.05, 0.1) is 15.5 Å². The Morgan fingerprint density at radius 2 is 1.68 bits per heavy atom. The van der Waals surface area contributed by atoms with Gasteiger partial charge in [-0.15, -0.1) is 0 Å². The number of amides is 1. The zero-order chi connectivity index (χ0) is 19.7. The van der Waals surface area contributed by atoms with Gasteiger partial charge < -0.3 is 9.80 Å². The highest BCUT2D eigenvalue weighted by Crippen LogP contribution is 2.69. The molecule has 0 aromatic carbocycles. The number of pyridine rings is 1. The van der Waals surface area contributed by atoms with E-state index in [2.05, 4.69) is 28.6 Å². The molecule has 4 saturated carbocycles. The van der Waals surface area contributed by atoms with Crippen molar-refractivity contribution < 1.29 is 4.79 Å². The summed E-state index contributed by atoms with van der Waals surface area (Å²) in [5.41, 5.74) is 0.625. The normalized spacial score (nSPS) is 39.5. The molecule has 2 heterocycles. The van der Waals surface area contributed by atoms with Gasteiger partial charge >= 0.3 is 0 Å². The fourth-order valence-corrected chi connectivity index (χ4v) is 8.28. The highest BCUT2D eigenvalue weighted by atomic mass is 35.5. The fraction of sp³-hybridized carbons (Fsp3) is 0.727. The summed E-state index contributed by atoms with van der Waals surface area (Å²) in [5.74, 6) is 1.94. The van der Waals surface area contributed by atoms with Gasteiger partial charge in [-0.05, 0) is 61.3 Å². The van der Waals surface area contributed by atoms with Crippen molar-refractivity contribution >= 4 is 34.9 Å². The molecule has 4 aliphatic carbocycles. The van der Waals surface area contributed by atoms with Gasteiger partial charge in [0.2, 0.25) is 5.91 Å². The molecule has 4 nitrogen and oxygen atoms in total. The van der Waals surface area contributed by atoms with E-state index in [1.54, 1.807) is 12.3 Å². The monoisotopic (exact) mass is 421 g/mol. The van der Waals surface area contributed by atoms with Crippen LogP contribution in [0, 0.1) is 22.2 Å². The van der Waals surface area contributed by atoms with E-state index >= 15 is 0 Å². The van der Waals surface area contributed by atoms with Crippen LogP contribution in [0.25, 0.3) is 0 Å². The number of halogens is 2. The van der Waals surface area contributed by atoms with E-state index in [4.69, 9.17) is 23.2 Å². The lowest BCUT2D eigenvalue weighted by molar-refractivity contribution is -0.179. The van der Waals surface area contributed by atoms with Crippen LogP contribution in [0.5, 0.6) is 0 Å². The summed E-state index contributed by atoms with van der Waals surface area (Å²) in [6.45, 7) is 7.91. The van der Waals surface area contributed by atoms with Gasteiger partial charge in [-0.1, -0.05) is 37.0 Å². The lowest BCUT2D eigenvalue weighted by Crippen LogP contribution is -2.62. The maximum atomic E-state index is 13.7. The van der Waals surface area contributed by atoms with Crippen molar-refractivity contribution in [1.82, 2.24) is 9.88 Å². The molecule has 0 N–H and O–H groups in total. The topological polar surface area (TPSA) is 36.4 Å². The second-order valence-corrected chi connectivity index (χ2v) is 11.5. The molecule has 28 heavy (non-hydrogen) atoms. The Balaban J connectivity index is 1.31. The number of hydrogen-bond acceptors (Lipinski definition) is 3. The third-order valence-corrected chi connectivity index (χ3v) is 8.22. The molecular formula is C22H29Cl2N3O. The molecule has 5 fully saturated rings. The molecule has 2 atom stereocenters. The van der Waals surface area contributed by atoms with Crippen LogP contribution in [-0.2, 0) is 4.79 Å². The predicted octanol–water partition coefficient (Wildman–Crippen LogP) is 5.03. The number of aromatic nitrogens is 1. The SMILES string of the molecule is CC12CC3CC(C)(C1)CC(C(=O)N1CCN(c4ncc(Cl)cc4Cl)CC1)(C3)C2. The van der Waals surface area contributed by atoms with Gasteiger partial charge in [0, 0.05) is 32.4 Å². The molecule has 1 aromatic rings. The Labute approximate surface area is 177 Å². The fourth-order valence-electron chi connectivity index (χ4n) is 7.78. The van der Waals surface area contributed by atoms with Crippen molar-refractivity contribution in [1.29, 1.82) is 0 Å². The highest BCUT2D eigenvalue weighted by Gasteiger charge is 2.63. The van der Waals surface area contributed by atoms with Crippen LogP contribution in [0.3, 0.4) is 0 Å². The summed E-state index contributed by atoms with van der Waals surface area (Å²) in [5, 5.41) is 1.13. The quantitative estimate of drug-likeness (QED) is 0.671. The standard InChI is InChI=1S/C22H29Cl2N3O/c1-20-8-15-9-21(2,12-20)14-22(10-15,13-20)19(28)27-5-3-26(4-6-27)18-17(24)7-16(23)11-25-18/h7,11,15H,3-6,8-10,12-14H2,1-2H3. The molecule has 6 heteroatoms. The van der Waals surface area contributed by atoms with E-state index in [-0.39, 0.29) is 5.41 Å². The molecule has 1 aliphatic heterocycles. The van der Waals surface area contributed by atoms with Crippen LogP contribution in [0.15, 0.2) is 12.3 Å². The number of nitrogens with zero attached hydrogens (tertiary/aromatic N) is 3. The zero-order valence-electron chi connectivity index (χ0n) is 16.8. The van der Waals surface area contributed by atoms with Gasteiger partial charge in [0.1, 0.15) is 5.82 Å². The van der Waals surface area contributed by atoms with Gasteiger partial charge in [-0.25, -0.2) is 4.98 Å². The molecule has 2 unspecified atom stereocenters. The van der Waals surface area contributed by atoms with E-state index in [0.29, 0.717) is 26.8 Å². The molecule has 1 amide bonds. The largest absolute Gasteiger partial charge is 0.352 e. The molecule has 1 aromatic heterocycles. The molecule has 0 radical (unpaired) electrons. The Hall–Kier alpha value is -1.000. The molecule has 1 saturated heterocycles. The Bertz CT molecular complexity index is 802. The molecule has 4 bridgehead atoms. The van der Waals surface area contributed by atoms with Crippen molar-refractivity contribution in [2.24, 2.45) is 22.2 Å². The van der Waals surface area contributed by atoms with Crippen LogP contribution in [0.1, 0.15) is 52.4 Å². The van der Waals surface area contributed by atoms with Crippen molar-refractivity contribution in [3.8, 4) is 0 Å². The van der Waals surface area contributed by atoms with Gasteiger partial charge in [0.15, 0.2) is 0 Å². The molecule has 5 aliphatic rings. The molecular weight excluding hydrogens is 393 g/mol. The van der Waals surface area contributed by atoms with E-state index in [1.807, 2.05) is 0 Å². The van der Waals surface area contributed by atoms with Gasteiger partial charge in [-0.3, -0.25) is 4.79 Å². The maximum Gasteiger partial charge on any atom is 0.228 e. The van der Waals surface area contributed by atoms with E-state index in [9.17, 15) is 4.79 Å². The lowest BCUT2D eigenvalue weighted by Gasteiger charge is -2.65. The summed E-state index contributed by atoms with van der Waals surface area (Å²) in [4.78, 5) is 22.4. The summed E-state index contributed by atoms with van der Waals surface area (Å²) >= 11 is 12.3. The van der Waals surface area contributed by atoms with E-state index in [1.165, 1.54) is 19.3 Å². The number of hydrogen-bond donors (Lipinski definition) is 0. The Kier molecular flexibility index (Phi) is 4.24. The first-order chi connectivity index (χ1) is 13.2. The number of anilines is 1. The van der Waals surface area contributed by atoms with E-state index < -0.39 is 0 Å². The first kappa shape index (κ1) is 19.0. The Morgan fingerprint density at radius 1 is 1.04 bits per heavy atom.